The van der Waals surface area contributed by atoms with Gasteiger partial charge >= 0.3 is 42.2 Å². The zero-order valence-electron chi connectivity index (χ0n) is 46.0. The average molecular weight is 1090 g/mol. The third kappa shape index (κ3) is 8.52. The van der Waals surface area contributed by atoms with E-state index < -0.39 is 118 Å². The molecule has 2 saturated heterocycles. The number of esters is 5. The number of fused-ring (bicyclic) bond motifs is 4. The Bertz CT molecular complexity index is 2350. The lowest BCUT2D eigenvalue weighted by atomic mass is 9.50. The van der Waals surface area contributed by atoms with Crippen molar-refractivity contribution < 1.29 is 79.1 Å². The van der Waals surface area contributed by atoms with Crippen molar-refractivity contribution >= 4 is 29.8 Å². The molecule has 0 amide bonds. The summed E-state index contributed by atoms with van der Waals surface area (Å²) in [6.45, 7) is 13.6. The first-order chi connectivity index (χ1) is 35.8. The fourth-order valence-corrected chi connectivity index (χ4v) is 21.8. The molecule has 14 fully saturated rings. The predicted molar refractivity (Wildman–Crippen MR) is 263 cm³/mol. The van der Waals surface area contributed by atoms with Gasteiger partial charge in [0.05, 0.1) is 47.4 Å². The van der Waals surface area contributed by atoms with Crippen LogP contribution >= 0.6 is 0 Å². The molecule has 0 aromatic heterocycles. The molecule has 12 bridgehead atoms. The smallest absolute Gasteiger partial charge is 0.426 e. The second kappa shape index (κ2) is 18.0. The van der Waals surface area contributed by atoms with E-state index in [4.69, 9.17) is 23.7 Å². The number of halogens is 6. The molecule has 430 valence electrons. The van der Waals surface area contributed by atoms with E-state index in [1.54, 1.807) is 20.8 Å². The lowest BCUT2D eigenvalue weighted by Crippen LogP contribution is -2.60. The van der Waals surface area contributed by atoms with Gasteiger partial charge in [-0.1, -0.05) is 13.8 Å². The number of carbonyl (C=O) groups excluding carboxylic acids is 5. The second-order valence-electron chi connectivity index (χ2n) is 29.7. The zero-order chi connectivity index (χ0) is 55.1. The summed E-state index contributed by atoms with van der Waals surface area (Å²) >= 11 is 0. The highest BCUT2D eigenvalue weighted by Crippen LogP contribution is 2.68. The summed E-state index contributed by atoms with van der Waals surface area (Å²) in [5.41, 5.74) is -10.5. The van der Waals surface area contributed by atoms with Crippen molar-refractivity contribution in [2.45, 2.75) is 211 Å². The SMILES string of the molecule is CC1C2CC(CC(O)(C(F)(F)F)C(F)(F)F)C(C2)C1C1C(=O)OC(=O)C1CC(C)(CC(C)(C(=O)OC1(C)CCOC(=O)C1)C1C2CC(OC3(C)C4CC5CC(C4)CC3C5)C(C2)C1C)C(=O)OC1(C)C2CC3CC(C2)CC1C3. The van der Waals surface area contributed by atoms with Crippen LogP contribution in [0.5, 0.6) is 0 Å². The average Bonchev–Trinajstić information content (AvgIpc) is 4.29. The van der Waals surface area contributed by atoms with Gasteiger partial charge in [0.15, 0.2) is 0 Å². The van der Waals surface area contributed by atoms with Gasteiger partial charge in [-0.3, -0.25) is 24.0 Å². The minimum atomic E-state index is -6.03. The molecule has 0 aromatic rings. The Morgan fingerprint density at radius 2 is 1.19 bits per heavy atom. The van der Waals surface area contributed by atoms with Crippen LogP contribution in [0.15, 0.2) is 0 Å². The molecule has 77 heavy (non-hydrogen) atoms. The Morgan fingerprint density at radius 3 is 1.71 bits per heavy atom. The third-order valence-corrected chi connectivity index (χ3v) is 25.2. The van der Waals surface area contributed by atoms with Crippen molar-refractivity contribution in [2.24, 2.45) is 123 Å². The second-order valence-corrected chi connectivity index (χ2v) is 29.7. The highest BCUT2D eigenvalue weighted by atomic mass is 19.4. The molecule has 1 N–H and O–H groups in total. The molecule has 0 aromatic carbocycles. The lowest BCUT2D eigenvalue weighted by molar-refractivity contribution is -0.373. The molecule has 15 unspecified atom stereocenters. The summed E-state index contributed by atoms with van der Waals surface area (Å²) in [7, 11) is 0. The third-order valence-electron chi connectivity index (χ3n) is 25.2. The van der Waals surface area contributed by atoms with E-state index in [-0.39, 0.29) is 92.3 Å². The van der Waals surface area contributed by atoms with Crippen LogP contribution in [-0.2, 0) is 47.7 Å². The number of alkyl halides is 6. The number of aliphatic hydroxyl groups is 1. The number of ether oxygens (including phenoxy) is 5. The van der Waals surface area contributed by atoms with Crippen molar-refractivity contribution in [3.63, 3.8) is 0 Å². The first-order valence-electron chi connectivity index (χ1n) is 29.8. The summed E-state index contributed by atoms with van der Waals surface area (Å²) in [5, 5.41) is 10.4. The molecular weight excluding hydrogens is 1010 g/mol. The summed E-state index contributed by atoms with van der Waals surface area (Å²) in [4.78, 5) is 73.4. The number of carbonyl (C=O) groups is 5. The van der Waals surface area contributed by atoms with E-state index in [2.05, 4.69) is 13.8 Å². The van der Waals surface area contributed by atoms with Gasteiger partial charge in [-0.25, -0.2) is 0 Å². The van der Waals surface area contributed by atoms with Crippen molar-refractivity contribution in [3.05, 3.63) is 0 Å². The normalized spacial score (nSPS) is 49.0. The standard InChI is InChI=1S/C60H82F6O11/c1-28-34-20-36(24-58(72,59(61,62)63)60(64,65)66)42(21-34)46(28)47-43(49(68)74-50(47)69)25-53(3,51(70)77-57(7)39-16-32-11-33(18-39)19-40(57)17-32)27-55(5,52(71)76-54(4)8-9-73-45(67)26-54)48-29(2)41-22-35(48)23-44(41)75-56(6)37-12-30-10-31(14-37)15-38(56)13-30/h28-44,46-48,72H,8-27H2,1-7H3. The number of hydrogen-bond acceptors (Lipinski definition) is 11. The van der Waals surface area contributed by atoms with Crippen LogP contribution in [0.3, 0.4) is 0 Å². The molecule has 17 heteroatoms. The Balaban J connectivity index is 0.894. The molecule has 14 aliphatic rings. The van der Waals surface area contributed by atoms with Gasteiger partial charge in [0.1, 0.15) is 11.2 Å². The Kier molecular flexibility index (Phi) is 12.8. The lowest BCUT2D eigenvalue weighted by Gasteiger charge is -2.61. The molecule has 2 aliphatic heterocycles. The molecule has 0 spiro atoms. The Labute approximate surface area is 448 Å². The molecule has 14 rings (SSSR count). The maximum Gasteiger partial charge on any atom is 0.426 e. The van der Waals surface area contributed by atoms with Gasteiger partial charge in [-0.15, -0.1) is 0 Å². The summed E-state index contributed by atoms with van der Waals surface area (Å²) in [5.74, 6) is -6.93. The van der Waals surface area contributed by atoms with Gasteiger partial charge < -0.3 is 28.8 Å². The highest BCUT2D eigenvalue weighted by molar-refractivity contribution is 5.97. The van der Waals surface area contributed by atoms with Crippen LogP contribution < -0.4 is 0 Å². The molecule has 12 aliphatic carbocycles. The van der Waals surface area contributed by atoms with E-state index in [9.17, 15) is 45.8 Å². The Morgan fingerprint density at radius 1 is 0.649 bits per heavy atom. The summed E-state index contributed by atoms with van der Waals surface area (Å²) < 4.78 is 117. The Hall–Kier alpha value is -2.95. The van der Waals surface area contributed by atoms with Gasteiger partial charge in [0.2, 0.25) is 0 Å². The molecule has 11 nitrogen and oxygen atoms in total. The van der Waals surface area contributed by atoms with Gasteiger partial charge in [0.25, 0.3) is 5.60 Å². The van der Waals surface area contributed by atoms with Gasteiger partial charge in [0, 0.05) is 6.42 Å². The van der Waals surface area contributed by atoms with Crippen molar-refractivity contribution in [1.29, 1.82) is 0 Å². The number of cyclic esters (lactones) is 3. The molecule has 12 saturated carbocycles. The number of hydrogen-bond donors (Lipinski definition) is 1. The quantitative estimate of drug-likeness (QED) is 0.0766. The minimum Gasteiger partial charge on any atom is -0.465 e. The monoisotopic (exact) mass is 1090 g/mol. The van der Waals surface area contributed by atoms with Gasteiger partial charge in [-0.05, 0) is 244 Å². The number of rotatable bonds is 14. The topological polar surface area (TPSA) is 152 Å². The van der Waals surface area contributed by atoms with E-state index in [0.29, 0.717) is 30.1 Å². The molecule has 0 radical (unpaired) electrons. The van der Waals surface area contributed by atoms with Crippen molar-refractivity contribution in [3.8, 4) is 0 Å². The van der Waals surface area contributed by atoms with Crippen LogP contribution in [0.4, 0.5) is 26.3 Å². The fourth-order valence-electron chi connectivity index (χ4n) is 21.8. The molecule has 15 atom stereocenters. The predicted octanol–water partition coefficient (Wildman–Crippen LogP) is 11.5. The molecule has 2 heterocycles. The zero-order valence-corrected chi connectivity index (χ0v) is 46.0. The maximum atomic E-state index is 16.0. The van der Waals surface area contributed by atoms with Crippen LogP contribution in [0.25, 0.3) is 0 Å². The van der Waals surface area contributed by atoms with Crippen LogP contribution in [0.1, 0.15) is 170 Å². The van der Waals surface area contributed by atoms with Crippen LogP contribution in [0.2, 0.25) is 0 Å². The van der Waals surface area contributed by atoms with Gasteiger partial charge in [-0.2, -0.15) is 26.3 Å². The van der Waals surface area contributed by atoms with Crippen molar-refractivity contribution in [2.75, 3.05) is 6.61 Å². The highest BCUT2D eigenvalue weighted by Gasteiger charge is 2.73. The van der Waals surface area contributed by atoms with E-state index >= 15 is 9.59 Å². The first kappa shape index (κ1) is 54.6. The van der Waals surface area contributed by atoms with Crippen molar-refractivity contribution in [1.82, 2.24) is 0 Å². The molecular formula is C60H82F6O11. The minimum absolute atomic E-state index is 0.0318. The summed E-state index contributed by atoms with van der Waals surface area (Å²) in [6.07, 6.45) is -1.72. The first-order valence-corrected chi connectivity index (χ1v) is 29.8. The summed E-state index contributed by atoms with van der Waals surface area (Å²) in [6, 6.07) is 0. The van der Waals surface area contributed by atoms with E-state index in [0.717, 1.165) is 50.4 Å². The van der Waals surface area contributed by atoms with Crippen LogP contribution in [-0.4, -0.2) is 82.4 Å². The maximum absolute atomic E-state index is 16.0. The largest absolute Gasteiger partial charge is 0.465 e. The van der Waals surface area contributed by atoms with E-state index in [1.165, 1.54) is 32.1 Å². The van der Waals surface area contributed by atoms with Crippen LogP contribution in [0, 0.1) is 123 Å². The van der Waals surface area contributed by atoms with E-state index in [1.807, 2.05) is 13.8 Å². The fraction of sp³-hybridized carbons (Fsp3) is 0.917.